The molecule has 0 spiro atoms. The third-order valence-electron chi connectivity index (χ3n) is 5.34. The third kappa shape index (κ3) is 1.97. The van der Waals surface area contributed by atoms with Gasteiger partial charge in [0.15, 0.2) is 0 Å². The van der Waals surface area contributed by atoms with Crippen molar-refractivity contribution in [1.82, 2.24) is 10.2 Å². The number of fused-ring (bicyclic) bond motifs is 1. The second kappa shape index (κ2) is 4.84. The van der Waals surface area contributed by atoms with Crippen LogP contribution in [-0.4, -0.2) is 36.0 Å². The minimum atomic E-state index is -0.201. The van der Waals surface area contributed by atoms with Gasteiger partial charge in [0.05, 0.1) is 5.54 Å². The number of carbonyl (C=O) groups excluding carboxylic acids is 1. The summed E-state index contributed by atoms with van der Waals surface area (Å²) in [6, 6.07) is 0. The summed E-state index contributed by atoms with van der Waals surface area (Å²) < 4.78 is 0. The first-order chi connectivity index (χ1) is 8.75. The molecule has 3 nitrogen and oxygen atoms in total. The van der Waals surface area contributed by atoms with Crippen LogP contribution in [0.1, 0.15) is 51.9 Å². The van der Waals surface area contributed by atoms with Gasteiger partial charge < -0.3 is 10.2 Å². The quantitative estimate of drug-likeness (QED) is 0.832. The van der Waals surface area contributed by atoms with Crippen molar-refractivity contribution in [3.63, 3.8) is 0 Å². The normalized spacial score (nSPS) is 39.3. The molecule has 1 saturated carbocycles. The molecule has 3 aliphatic rings. The molecule has 0 aromatic carbocycles. The van der Waals surface area contributed by atoms with Crippen LogP contribution in [0.5, 0.6) is 0 Å². The summed E-state index contributed by atoms with van der Waals surface area (Å²) in [6.07, 6.45) is 8.40. The monoisotopic (exact) mass is 250 g/mol. The van der Waals surface area contributed by atoms with Crippen molar-refractivity contribution < 1.29 is 4.79 Å². The minimum Gasteiger partial charge on any atom is -0.341 e. The molecular formula is C15H26N2O. The third-order valence-corrected chi connectivity index (χ3v) is 5.34. The maximum Gasteiger partial charge on any atom is 0.242 e. The zero-order chi connectivity index (χ0) is 12.6. The average Bonchev–Trinajstić information content (AvgIpc) is 3.03. The lowest BCUT2D eigenvalue weighted by Gasteiger charge is -2.33. The van der Waals surface area contributed by atoms with Gasteiger partial charge in [-0.3, -0.25) is 4.79 Å². The van der Waals surface area contributed by atoms with Crippen molar-refractivity contribution in [3.8, 4) is 0 Å². The highest BCUT2D eigenvalue weighted by molar-refractivity contribution is 5.87. The van der Waals surface area contributed by atoms with Gasteiger partial charge in [-0.25, -0.2) is 0 Å². The molecule has 1 N–H and O–H groups in total. The van der Waals surface area contributed by atoms with Crippen molar-refractivity contribution in [3.05, 3.63) is 0 Å². The van der Waals surface area contributed by atoms with E-state index in [-0.39, 0.29) is 5.54 Å². The Morgan fingerprint density at radius 1 is 1.28 bits per heavy atom. The van der Waals surface area contributed by atoms with Crippen molar-refractivity contribution in [2.45, 2.75) is 57.4 Å². The Kier molecular flexibility index (Phi) is 3.35. The summed E-state index contributed by atoms with van der Waals surface area (Å²) in [5, 5.41) is 3.52. The Morgan fingerprint density at radius 3 is 2.56 bits per heavy atom. The number of nitrogens with zero attached hydrogens (tertiary/aromatic N) is 1. The molecule has 1 aliphatic carbocycles. The van der Waals surface area contributed by atoms with Crippen molar-refractivity contribution in [1.29, 1.82) is 0 Å². The maximum absolute atomic E-state index is 12.9. The van der Waals surface area contributed by atoms with E-state index in [0.717, 1.165) is 57.2 Å². The van der Waals surface area contributed by atoms with E-state index in [9.17, 15) is 4.79 Å². The SMILES string of the molecule is CCCC1(C(=O)N2CC3CCCC3C2)CCCN1. The maximum atomic E-state index is 12.9. The molecule has 3 rings (SSSR count). The van der Waals surface area contributed by atoms with E-state index in [0.29, 0.717) is 5.91 Å². The summed E-state index contributed by atoms with van der Waals surface area (Å²) in [4.78, 5) is 15.0. The van der Waals surface area contributed by atoms with Crippen molar-refractivity contribution >= 4 is 5.91 Å². The van der Waals surface area contributed by atoms with E-state index >= 15 is 0 Å². The Morgan fingerprint density at radius 2 is 2.00 bits per heavy atom. The first kappa shape index (κ1) is 12.5. The summed E-state index contributed by atoms with van der Waals surface area (Å²) in [7, 11) is 0. The highest BCUT2D eigenvalue weighted by Gasteiger charge is 2.46. The van der Waals surface area contributed by atoms with Gasteiger partial charge in [0.2, 0.25) is 5.91 Å². The molecule has 2 heterocycles. The Hall–Kier alpha value is -0.570. The van der Waals surface area contributed by atoms with E-state index in [2.05, 4.69) is 17.1 Å². The van der Waals surface area contributed by atoms with Crippen LogP contribution < -0.4 is 5.32 Å². The van der Waals surface area contributed by atoms with Crippen LogP contribution in [0, 0.1) is 11.8 Å². The first-order valence-corrected chi connectivity index (χ1v) is 7.79. The van der Waals surface area contributed by atoms with Gasteiger partial charge in [0.25, 0.3) is 0 Å². The zero-order valence-electron chi connectivity index (χ0n) is 11.6. The van der Waals surface area contributed by atoms with E-state index in [1.807, 2.05) is 0 Å². The van der Waals surface area contributed by atoms with Gasteiger partial charge in [-0.15, -0.1) is 0 Å². The van der Waals surface area contributed by atoms with E-state index in [1.165, 1.54) is 19.3 Å². The zero-order valence-corrected chi connectivity index (χ0v) is 11.6. The molecule has 3 unspecified atom stereocenters. The topological polar surface area (TPSA) is 32.3 Å². The smallest absolute Gasteiger partial charge is 0.242 e. The Balaban J connectivity index is 1.69. The van der Waals surface area contributed by atoms with Gasteiger partial charge in [0, 0.05) is 13.1 Å². The molecule has 2 saturated heterocycles. The van der Waals surface area contributed by atoms with Crippen LogP contribution in [0.25, 0.3) is 0 Å². The minimum absolute atomic E-state index is 0.201. The number of hydrogen-bond donors (Lipinski definition) is 1. The average molecular weight is 250 g/mol. The van der Waals surface area contributed by atoms with E-state index in [4.69, 9.17) is 0 Å². The predicted octanol–water partition coefficient (Wildman–Crippen LogP) is 2.17. The summed E-state index contributed by atoms with van der Waals surface area (Å²) >= 11 is 0. The number of amides is 1. The Bertz CT molecular complexity index is 310. The van der Waals surface area contributed by atoms with Crippen molar-refractivity contribution in [2.75, 3.05) is 19.6 Å². The molecule has 2 aliphatic heterocycles. The van der Waals surface area contributed by atoms with Crippen LogP contribution in [0.3, 0.4) is 0 Å². The second-order valence-electron chi connectivity index (χ2n) is 6.52. The first-order valence-electron chi connectivity index (χ1n) is 7.79. The molecule has 1 amide bonds. The standard InChI is InChI=1S/C15H26N2O/c1-2-7-15(8-4-9-16-15)14(18)17-10-12-5-3-6-13(12)11-17/h12-13,16H,2-11H2,1H3. The fourth-order valence-electron chi connectivity index (χ4n) is 4.44. The highest BCUT2D eigenvalue weighted by atomic mass is 16.2. The lowest BCUT2D eigenvalue weighted by Crippen LogP contribution is -2.54. The molecule has 0 radical (unpaired) electrons. The molecule has 0 aromatic heterocycles. The number of nitrogens with one attached hydrogen (secondary N) is 1. The number of likely N-dealkylation sites (tertiary alicyclic amines) is 1. The molecule has 0 bridgehead atoms. The van der Waals surface area contributed by atoms with Crippen LogP contribution in [0.2, 0.25) is 0 Å². The van der Waals surface area contributed by atoms with Crippen LogP contribution >= 0.6 is 0 Å². The van der Waals surface area contributed by atoms with Crippen molar-refractivity contribution in [2.24, 2.45) is 11.8 Å². The molecular weight excluding hydrogens is 224 g/mol. The molecule has 0 aromatic rings. The van der Waals surface area contributed by atoms with Gasteiger partial charge >= 0.3 is 0 Å². The number of rotatable bonds is 3. The van der Waals surface area contributed by atoms with E-state index < -0.39 is 0 Å². The molecule has 102 valence electrons. The summed E-state index contributed by atoms with van der Waals surface area (Å²) in [5.41, 5.74) is -0.201. The van der Waals surface area contributed by atoms with Crippen LogP contribution in [0.15, 0.2) is 0 Å². The summed E-state index contributed by atoms with van der Waals surface area (Å²) in [6.45, 7) is 5.29. The van der Waals surface area contributed by atoms with Gasteiger partial charge in [-0.05, 0) is 50.5 Å². The largest absolute Gasteiger partial charge is 0.341 e. The summed E-state index contributed by atoms with van der Waals surface area (Å²) in [5.74, 6) is 2.04. The molecule has 3 heteroatoms. The van der Waals surface area contributed by atoms with Gasteiger partial charge in [0.1, 0.15) is 0 Å². The fourth-order valence-corrected chi connectivity index (χ4v) is 4.44. The lowest BCUT2D eigenvalue weighted by atomic mass is 9.90. The molecule has 18 heavy (non-hydrogen) atoms. The Labute approximate surface area is 110 Å². The molecule has 3 fully saturated rings. The number of hydrogen-bond acceptors (Lipinski definition) is 2. The predicted molar refractivity (Wildman–Crippen MR) is 72.3 cm³/mol. The fraction of sp³-hybridized carbons (Fsp3) is 0.933. The van der Waals surface area contributed by atoms with Gasteiger partial charge in [-0.2, -0.15) is 0 Å². The second-order valence-corrected chi connectivity index (χ2v) is 6.52. The number of carbonyl (C=O) groups is 1. The van der Waals surface area contributed by atoms with Gasteiger partial charge in [-0.1, -0.05) is 19.8 Å². The lowest BCUT2D eigenvalue weighted by molar-refractivity contribution is -0.137. The van der Waals surface area contributed by atoms with Crippen LogP contribution in [0.4, 0.5) is 0 Å². The van der Waals surface area contributed by atoms with Crippen LogP contribution in [-0.2, 0) is 4.79 Å². The van der Waals surface area contributed by atoms with E-state index in [1.54, 1.807) is 0 Å². The molecule has 3 atom stereocenters. The highest BCUT2D eigenvalue weighted by Crippen LogP contribution is 2.39.